The highest BCUT2D eigenvalue weighted by atomic mass is 33.1. The Labute approximate surface area is 262 Å². The molecule has 3 atom stereocenters. The molecule has 8 nitrogen and oxygen atoms in total. The van der Waals surface area contributed by atoms with E-state index < -0.39 is 0 Å². The number of nitrogen functional groups attached to an aromatic ring is 1. The minimum Gasteiger partial charge on any atom is -0.504 e. The molecule has 3 aliphatic rings. The van der Waals surface area contributed by atoms with Gasteiger partial charge in [0, 0.05) is 36.8 Å². The molecule has 2 bridgehead atoms. The number of allylic oxidation sites excluding steroid dienone is 1. The number of methoxy groups -OCH3 is 1. The van der Waals surface area contributed by atoms with Crippen LogP contribution in [0.15, 0.2) is 42.9 Å². The van der Waals surface area contributed by atoms with E-state index in [1.807, 2.05) is 27.8 Å². The van der Waals surface area contributed by atoms with Gasteiger partial charge < -0.3 is 20.9 Å². The lowest BCUT2D eigenvalue weighted by Gasteiger charge is -2.40. The lowest BCUT2D eigenvalue weighted by Crippen LogP contribution is -3.16. The Bertz CT molecular complexity index is 1390. The second-order valence-electron chi connectivity index (χ2n) is 11.9. The largest absolute Gasteiger partial charge is 0.504 e. The summed E-state index contributed by atoms with van der Waals surface area (Å²) in [6.45, 7) is 3.03. The number of phenolic OH excluding ortho intramolecular Hbond substituents is 1. The summed E-state index contributed by atoms with van der Waals surface area (Å²) in [6, 6.07) is 5.61. The number of benzene rings is 1. The number of anilines is 1. The topological polar surface area (TPSA) is 119 Å². The minimum atomic E-state index is -0.226. The highest BCUT2D eigenvalue weighted by Crippen LogP contribution is 2.52. The van der Waals surface area contributed by atoms with Gasteiger partial charge in [-0.15, -0.1) is 0 Å². The quantitative estimate of drug-likeness (QED) is 0.276. The van der Waals surface area contributed by atoms with E-state index in [2.05, 4.69) is 30.7 Å². The van der Waals surface area contributed by atoms with Crippen molar-refractivity contribution >= 4 is 45.0 Å². The molecular formula is C33H43N4O4S2+. The SMILES string of the molecule is CC[C@@H]1CCC(=O)CC(=O)/C=C/c2cc(OC)c(O)cc2Cc2cnc(N)c(c2)[C@H](C2([NH+]3C=CNC3)CCCC2)SSC1. The van der Waals surface area contributed by atoms with Crippen LogP contribution in [0.2, 0.25) is 0 Å². The van der Waals surface area contributed by atoms with E-state index in [-0.39, 0.29) is 34.5 Å². The van der Waals surface area contributed by atoms with Gasteiger partial charge in [-0.2, -0.15) is 0 Å². The number of nitrogens with one attached hydrogen (secondary N) is 2. The molecule has 1 unspecified atom stereocenters. The third-order valence-electron chi connectivity index (χ3n) is 9.15. The van der Waals surface area contributed by atoms with Gasteiger partial charge in [0.25, 0.3) is 0 Å². The molecule has 1 fully saturated rings. The number of hydrogen-bond acceptors (Lipinski definition) is 9. The Balaban J connectivity index is 1.59. The number of quaternary nitrogens is 1. The number of carbonyl (C=O) groups is 2. The first-order valence-electron chi connectivity index (χ1n) is 15.2. The van der Waals surface area contributed by atoms with Crippen LogP contribution < -0.4 is 20.7 Å². The van der Waals surface area contributed by atoms with Crippen molar-refractivity contribution in [2.75, 3.05) is 25.3 Å². The number of pyridine rings is 1. The number of nitrogens with two attached hydrogens (primary N) is 1. The second kappa shape index (κ2) is 14.2. The molecule has 0 saturated heterocycles. The van der Waals surface area contributed by atoms with Crippen molar-refractivity contribution < 1.29 is 24.3 Å². The standard InChI is InChI=1S/C33H42N4O4S2/c1-3-22-6-8-26(38)18-27(39)9-7-24-17-30(41-2)29(40)16-25(24)14-23-15-28(32(34)36-19-23)31(43-42-20-22)33(10-4-5-11-33)37-13-12-35-21-37/h7,9,12-13,15-17,19,22,31,35,40H,3-6,8,10-11,14,18,20-21H2,1-2H3,(H2,34,36)/p+1/b9-7+/t22-,31-/m1/s1. The highest BCUT2D eigenvalue weighted by Gasteiger charge is 2.51. The van der Waals surface area contributed by atoms with Gasteiger partial charge in [0.1, 0.15) is 23.3 Å². The molecule has 3 heterocycles. The van der Waals surface area contributed by atoms with Gasteiger partial charge in [0.2, 0.25) is 0 Å². The molecule has 10 heteroatoms. The van der Waals surface area contributed by atoms with Gasteiger partial charge in [0.15, 0.2) is 24.0 Å². The molecule has 230 valence electrons. The predicted octanol–water partition coefficient (Wildman–Crippen LogP) is 4.98. The van der Waals surface area contributed by atoms with Crippen LogP contribution in [0.4, 0.5) is 5.82 Å². The molecule has 5 rings (SSSR count). The first-order valence-corrected chi connectivity index (χ1v) is 17.6. The Kier molecular flexibility index (Phi) is 10.4. The summed E-state index contributed by atoms with van der Waals surface area (Å²) in [5.41, 5.74) is 10.3. The van der Waals surface area contributed by atoms with Crippen LogP contribution in [-0.2, 0) is 16.0 Å². The summed E-state index contributed by atoms with van der Waals surface area (Å²) >= 11 is 0. The van der Waals surface area contributed by atoms with Crippen molar-refractivity contribution in [1.29, 1.82) is 0 Å². The van der Waals surface area contributed by atoms with Crippen LogP contribution in [0.3, 0.4) is 0 Å². The van der Waals surface area contributed by atoms with Crippen molar-refractivity contribution in [2.24, 2.45) is 5.92 Å². The summed E-state index contributed by atoms with van der Waals surface area (Å²) in [5, 5.41) is 14.2. The number of ether oxygens (including phenoxy) is 1. The fourth-order valence-corrected chi connectivity index (χ4v) is 10.3. The number of hydrogen-bond donors (Lipinski definition) is 4. The maximum absolute atomic E-state index is 12.7. The molecule has 0 radical (unpaired) electrons. The Morgan fingerprint density at radius 1 is 1.19 bits per heavy atom. The summed E-state index contributed by atoms with van der Waals surface area (Å²) in [4.78, 5) is 31.6. The molecular weight excluding hydrogens is 581 g/mol. The predicted molar refractivity (Wildman–Crippen MR) is 175 cm³/mol. The maximum atomic E-state index is 12.7. The molecule has 1 aromatic carbocycles. The average Bonchev–Trinajstić information content (AvgIpc) is 3.71. The van der Waals surface area contributed by atoms with E-state index in [1.54, 1.807) is 18.2 Å². The monoisotopic (exact) mass is 623 g/mol. The van der Waals surface area contributed by atoms with Crippen LogP contribution in [0.25, 0.3) is 6.08 Å². The third-order valence-corrected chi connectivity index (χ3v) is 12.2. The van der Waals surface area contributed by atoms with Crippen molar-refractivity contribution in [3.05, 3.63) is 65.1 Å². The summed E-state index contributed by atoms with van der Waals surface area (Å²) in [7, 11) is 5.28. The average molecular weight is 624 g/mol. The van der Waals surface area contributed by atoms with E-state index in [9.17, 15) is 14.7 Å². The van der Waals surface area contributed by atoms with E-state index in [1.165, 1.54) is 30.9 Å². The number of ketones is 2. The van der Waals surface area contributed by atoms with Crippen LogP contribution in [-0.4, -0.2) is 46.7 Å². The zero-order valence-corrected chi connectivity index (χ0v) is 26.7. The van der Waals surface area contributed by atoms with E-state index >= 15 is 0 Å². The lowest BCUT2D eigenvalue weighted by molar-refractivity contribution is -0.900. The normalized spacial score (nSPS) is 25.4. The highest BCUT2D eigenvalue weighted by molar-refractivity contribution is 8.76. The van der Waals surface area contributed by atoms with Gasteiger partial charge in [0.05, 0.1) is 25.0 Å². The molecule has 2 aromatic rings. The van der Waals surface area contributed by atoms with Gasteiger partial charge in [-0.3, -0.25) is 14.5 Å². The van der Waals surface area contributed by atoms with E-state index in [4.69, 9.17) is 15.5 Å². The van der Waals surface area contributed by atoms with Crippen molar-refractivity contribution in [2.45, 2.75) is 75.5 Å². The number of rotatable bonds is 4. The number of aromatic nitrogens is 1. The smallest absolute Gasteiger partial charge is 0.163 e. The van der Waals surface area contributed by atoms with Gasteiger partial charge >= 0.3 is 0 Å². The number of aromatic hydroxyl groups is 1. The minimum absolute atomic E-state index is 0.0166. The molecule has 1 aromatic heterocycles. The molecule has 5 N–H and O–H groups in total. The van der Waals surface area contributed by atoms with Crippen LogP contribution in [0.1, 0.15) is 85.8 Å². The molecule has 1 saturated carbocycles. The molecule has 2 aliphatic heterocycles. The zero-order chi connectivity index (χ0) is 30.4. The zero-order valence-electron chi connectivity index (χ0n) is 25.1. The van der Waals surface area contributed by atoms with Crippen LogP contribution >= 0.6 is 21.6 Å². The fraction of sp³-hybridized carbons (Fsp3) is 0.485. The van der Waals surface area contributed by atoms with E-state index in [0.717, 1.165) is 60.4 Å². The first kappa shape index (κ1) is 31.5. The van der Waals surface area contributed by atoms with Crippen molar-refractivity contribution in [3.63, 3.8) is 0 Å². The number of Topliss-reactive ketones (excluding diaryl/α,β-unsaturated/α-hetero) is 1. The number of fused-ring (bicyclic) bond motifs is 3. The summed E-state index contributed by atoms with van der Waals surface area (Å²) in [5.74, 6) is 1.97. The first-order chi connectivity index (χ1) is 20.8. The molecule has 0 amide bonds. The number of nitrogens with zero attached hydrogens (tertiary/aromatic N) is 1. The van der Waals surface area contributed by atoms with Crippen molar-refractivity contribution in [3.8, 4) is 11.5 Å². The summed E-state index contributed by atoms with van der Waals surface area (Å²) in [6.07, 6.45) is 16.5. The van der Waals surface area contributed by atoms with E-state index in [0.29, 0.717) is 30.3 Å². The third kappa shape index (κ3) is 7.24. The molecule has 43 heavy (non-hydrogen) atoms. The summed E-state index contributed by atoms with van der Waals surface area (Å²) < 4.78 is 5.36. The molecule has 1 aliphatic carbocycles. The van der Waals surface area contributed by atoms with Crippen LogP contribution in [0.5, 0.6) is 11.5 Å². The Morgan fingerprint density at radius 3 is 2.72 bits per heavy atom. The van der Waals surface area contributed by atoms with Crippen LogP contribution in [0, 0.1) is 5.92 Å². The second-order valence-corrected chi connectivity index (χ2v) is 14.4. The Hall–Kier alpha value is -2.95. The maximum Gasteiger partial charge on any atom is 0.163 e. The van der Waals surface area contributed by atoms with Gasteiger partial charge in [-0.1, -0.05) is 41.0 Å². The Morgan fingerprint density at radius 2 is 2.00 bits per heavy atom. The lowest BCUT2D eigenvalue weighted by atomic mass is 9.86. The van der Waals surface area contributed by atoms with Gasteiger partial charge in [-0.05, 0) is 72.6 Å². The molecule has 0 spiro atoms. The van der Waals surface area contributed by atoms with Gasteiger partial charge in [-0.25, -0.2) is 4.98 Å². The number of carbonyl (C=O) groups excluding carboxylic acids is 2. The number of phenols is 1. The van der Waals surface area contributed by atoms with Crippen molar-refractivity contribution in [1.82, 2.24) is 10.3 Å². The fourth-order valence-electron chi connectivity index (χ4n) is 6.59.